The largest absolute Gasteiger partial charge is 0.423 e. The molecule has 94 valence electrons. The van der Waals surface area contributed by atoms with Crippen molar-refractivity contribution in [3.8, 4) is 0 Å². The van der Waals surface area contributed by atoms with Crippen molar-refractivity contribution in [2.75, 3.05) is 0 Å². The number of ether oxygens (including phenoxy) is 1. The zero-order valence-electron chi connectivity index (χ0n) is 10.7. The van der Waals surface area contributed by atoms with Crippen molar-refractivity contribution in [3.63, 3.8) is 0 Å². The van der Waals surface area contributed by atoms with Crippen LogP contribution in [0.2, 0.25) is 0 Å². The lowest BCUT2D eigenvalue weighted by molar-refractivity contribution is -0.132. The molecule has 0 saturated carbocycles. The Labute approximate surface area is 108 Å². The van der Waals surface area contributed by atoms with Gasteiger partial charge in [-0.1, -0.05) is 50.1 Å². The Bertz CT molecular complexity index is 469. The van der Waals surface area contributed by atoms with E-state index in [9.17, 15) is 4.79 Å². The van der Waals surface area contributed by atoms with Crippen molar-refractivity contribution in [2.45, 2.75) is 32.6 Å². The van der Waals surface area contributed by atoms with E-state index in [-0.39, 0.29) is 5.97 Å². The smallest absolute Gasteiger partial charge is 0.336 e. The third kappa shape index (κ3) is 3.33. The Balaban J connectivity index is 2.10. The topological polar surface area (TPSA) is 26.3 Å². The van der Waals surface area contributed by atoms with E-state index in [0.717, 1.165) is 24.0 Å². The first kappa shape index (κ1) is 12.6. The second kappa shape index (κ2) is 6.20. The van der Waals surface area contributed by atoms with Crippen LogP contribution in [0.1, 0.15) is 38.2 Å². The predicted octanol–water partition coefficient (Wildman–Crippen LogP) is 4.09. The molecule has 1 heterocycles. The maximum absolute atomic E-state index is 11.3. The zero-order chi connectivity index (χ0) is 12.8. The first-order valence-corrected chi connectivity index (χ1v) is 6.49. The average Bonchev–Trinajstić information content (AvgIpc) is 2.71. The molecule has 0 spiro atoms. The van der Waals surface area contributed by atoms with E-state index < -0.39 is 0 Å². The molecule has 0 bridgehead atoms. The molecular formula is C16H18O2. The lowest BCUT2D eigenvalue weighted by atomic mass is 10.0. The van der Waals surface area contributed by atoms with Gasteiger partial charge in [0.05, 0.1) is 0 Å². The van der Waals surface area contributed by atoms with E-state index in [0.29, 0.717) is 5.76 Å². The minimum absolute atomic E-state index is 0.247. The van der Waals surface area contributed by atoms with Crippen LogP contribution in [-0.4, -0.2) is 5.97 Å². The number of cyclic esters (lactones) is 1. The van der Waals surface area contributed by atoms with Gasteiger partial charge in [0.25, 0.3) is 0 Å². The molecule has 0 aromatic heterocycles. The molecule has 0 fully saturated rings. The summed E-state index contributed by atoms with van der Waals surface area (Å²) in [5, 5.41) is 0. The highest BCUT2D eigenvalue weighted by atomic mass is 16.5. The number of hydrogen-bond acceptors (Lipinski definition) is 2. The number of carbonyl (C=O) groups is 1. The highest BCUT2D eigenvalue weighted by molar-refractivity contribution is 5.89. The minimum atomic E-state index is -0.247. The summed E-state index contributed by atoms with van der Waals surface area (Å²) >= 11 is 0. The quantitative estimate of drug-likeness (QED) is 0.574. The number of allylic oxidation sites excluding steroid dienone is 1. The van der Waals surface area contributed by atoms with Gasteiger partial charge < -0.3 is 4.74 Å². The molecule has 2 heteroatoms. The van der Waals surface area contributed by atoms with Crippen LogP contribution in [0.15, 0.2) is 47.7 Å². The van der Waals surface area contributed by atoms with E-state index >= 15 is 0 Å². The SMILES string of the molecule is CCCCCC1=CC(=O)O/C1=C\c1ccccc1. The van der Waals surface area contributed by atoms with Crippen LogP contribution < -0.4 is 0 Å². The van der Waals surface area contributed by atoms with Gasteiger partial charge in [-0.25, -0.2) is 4.79 Å². The molecule has 0 saturated heterocycles. The summed E-state index contributed by atoms with van der Waals surface area (Å²) in [6, 6.07) is 9.93. The maximum Gasteiger partial charge on any atom is 0.336 e. The lowest BCUT2D eigenvalue weighted by Crippen LogP contribution is -1.91. The van der Waals surface area contributed by atoms with Crippen LogP contribution in [0.4, 0.5) is 0 Å². The minimum Gasteiger partial charge on any atom is -0.423 e. The van der Waals surface area contributed by atoms with Crippen molar-refractivity contribution < 1.29 is 9.53 Å². The van der Waals surface area contributed by atoms with Gasteiger partial charge in [-0.2, -0.15) is 0 Å². The highest BCUT2D eigenvalue weighted by Crippen LogP contribution is 2.26. The van der Waals surface area contributed by atoms with Crippen molar-refractivity contribution >= 4 is 12.0 Å². The van der Waals surface area contributed by atoms with Crippen LogP contribution >= 0.6 is 0 Å². The standard InChI is InChI=1S/C16H18O2/c1-2-3-5-10-14-12-16(17)18-15(14)11-13-8-6-4-7-9-13/h4,6-9,11-12H,2-3,5,10H2,1H3/b15-11-. The average molecular weight is 242 g/mol. The summed E-state index contributed by atoms with van der Waals surface area (Å²) in [5.41, 5.74) is 2.08. The molecule has 2 rings (SSSR count). The van der Waals surface area contributed by atoms with Crippen LogP contribution in [0.25, 0.3) is 6.08 Å². The number of hydrogen-bond donors (Lipinski definition) is 0. The van der Waals surface area contributed by atoms with E-state index in [1.54, 1.807) is 6.08 Å². The van der Waals surface area contributed by atoms with Gasteiger partial charge >= 0.3 is 5.97 Å². The number of carbonyl (C=O) groups excluding carboxylic acids is 1. The third-order valence-electron chi connectivity index (χ3n) is 2.97. The highest BCUT2D eigenvalue weighted by Gasteiger charge is 2.19. The molecule has 1 aromatic carbocycles. The molecular weight excluding hydrogens is 224 g/mol. The fourth-order valence-corrected chi connectivity index (χ4v) is 2.00. The van der Waals surface area contributed by atoms with E-state index in [1.807, 2.05) is 36.4 Å². The Hall–Kier alpha value is -1.83. The van der Waals surface area contributed by atoms with Crippen molar-refractivity contribution in [1.29, 1.82) is 0 Å². The van der Waals surface area contributed by atoms with Gasteiger partial charge in [0.2, 0.25) is 0 Å². The monoisotopic (exact) mass is 242 g/mol. The predicted molar refractivity (Wildman–Crippen MR) is 72.7 cm³/mol. The van der Waals surface area contributed by atoms with Crippen molar-refractivity contribution in [2.24, 2.45) is 0 Å². The molecule has 0 radical (unpaired) electrons. The van der Waals surface area contributed by atoms with Gasteiger partial charge in [-0.3, -0.25) is 0 Å². The molecule has 0 unspecified atom stereocenters. The van der Waals surface area contributed by atoms with Crippen LogP contribution in [-0.2, 0) is 9.53 Å². The molecule has 1 aliphatic heterocycles. The number of unbranched alkanes of at least 4 members (excludes halogenated alkanes) is 2. The summed E-state index contributed by atoms with van der Waals surface area (Å²) in [5.74, 6) is 0.464. The second-order valence-electron chi connectivity index (χ2n) is 4.47. The Morgan fingerprint density at radius 3 is 2.67 bits per heavy atom. The van der Waals surface area contributed by atoms with Gasteiger partial charge in [-0.15, -0.1) is 0 Å². The number of benzene rings is 1. The molecule has 18 heavy (non-hydrogen) atoms. The molecule has 1 aliphatic rings. The zero-order valence-corrected chi connectivity index (χ0v) is 10.7. The van der Waals surface area contributed by atoms with E-state index in [4.69, 9.17) is 4.74 Å². The van der Waals surface area contributed by atoms with Gasteiger partial charge in [0, 0.05) is 11.6 Å². The number of esters is 1. The first-order valence-electron chi connectivity index (χ1n) is 6.49. The second-order valence-corrected chi connectivity index (χ2v) is 4.47. The molecule has 2 nitrogen and oxygen atoms in total. The maximum atomic E-state index is 11.3. The van der Waals surface area contributed by atoms with Crippen molar-refractivity contribution in [1.82, 2.24) is 0 Å². The summed E-state index contributed by atoms with van der Waals surface area (Å²) in [6.07, 6.45) is 7.93. The fourth-order valence-electron chi connectivity index (χ4n) is 2.00. The summed E-state index contributed by atoms with van der Waals surface area (Å²) in [6.45, 7) is 2.17. The van der Waals surface area contributed by atoms with Gasteiger partial charge in [0.15, 0.2) is 0 Å². The van der Waals surface area contributed by atoms with Gasteiger partial charge in [-0.05, 0) is 24.5 Å². The van der Waals surface area contributed by atoms with Crippen LogP contribution in [0.5, 0.6) is 0 Å². The molecule has 0 atom stereocenters. The first-order chi connectivity index (χ1) is 8.79. The van der Waals surface area contributed by atoms with Crippen LogP contribution in [0.3, 0.4) is 0 Å². The normalized spacial score (nSPS) is 16.8. The van der Waals surface area contributed by atoms with Crippen molar-refractivity contribution in [3.05, 3.63) is 53.3 Å². The van der Waals surface area contributed by atoms with Gasteiger partial charge in [0.1, 0.15) is 5.76 Å². The van der Waals surface area contributed by atoms with E-state index in [2.05, 4.69) is 6.92 Å². The lowest BCUT2D eigenvalue weighted by Gasteiger charge is -2.04. The Morgan fingerprint density at radius 1 is 1.17 bits per heavy atom. The van der Waals surface area contributed by atoms with Crippen LogP contribution in [0, 0.1) is 0 Å². The Morgan fingerprint density at radius 2 is 1.94 bits per heavy atom. The molecule has 0 aliphatic carbocycles. The molecule has 1 aromatic rings. The van der Waals surface area contributed by atoms with E-state index in [1.165, 1.54) is 12.8 Å². The molecule has 0 N–H and O–H groups in total. The Kier molecular flexibility index (Phi) is 4.35. The third-order valence-corrected chi connectivity index (χ3v) is 2.97. The number of rotatable bonds is 5. The fraction of sp³-hybridized carbons (Fsp3) is 0.312. The summed E-state index contributed by atoms with van der Waals surface area (Å²) < 4.78 is 5.24. The molecule has 0 amide bonds. The summed E-state index contributed by atoms with van der Waals surface area (Å²) in [4.78, 5) is 11.3. The summed E-state index contributed by atoms with van der Waals surface area (Å²) in [7, 11) is 0.